The number of esters is 1. The molecule has 0 bridgehead atoms. The SMILES string of the molecule is CCCCC(CC)COC(=O)C(=CC(O)C(CC)CCCC)c1ccccc1. The van der Waals surface area contributed by atoms with Gasteiger partial charge in [0.25, 0.3) is 0 Å². The molecule has 0 aliphatic heterocycles. The maximum Gasteiger partial charge on any atom is 0.338 e. The number of rotatable bonds is 14. The minimum Gasteiger partial charge on any atom is -0.462 e. The Balaban J connectivity index is 2.94. The Kier molecular flexibility index (Phi) is 12.6. The number of carbonyl (C=O) groups is 1. The van der Waals surface area contributed by atoms with Gasteiger partial charge in [-0.15, -0.1) is 0 Å². The molecule has 0 radical (unpaired) electrons. The van der Waals surface area contributed by atoms with Crippen LogP contribution in [0.3, 0.4) is 0 Å². The summed E-state index contributed by atoms with van der Waals surface area (Å²) < 4.78 is 5.69. The Bertz CT molecular complexity index is 564. The molecule has 3 atom stereocenters. The summed E-state index contributed by atoms with van der Waals surface area (Å²) in [7, 11) is 0. The predicted octanol–water partition coefficient (Wildman–Crippen LogP) is 6.41. The molecule has 0 heterocycles. The standard InChI is InChI=1S/C25H40O3/c1-5-9-14-20(7-3)19-28-25(27)23(22-16-12-11-13-17-22)18-24(26)21(8-4)15-10-6-2/h11-13,16-18,20-21,24,26H,5-10,14-15,19H2,1-4H3. The van der Waals surface area contributed by atoms with E-state index in [0.717, 1.165) is 56.9 Å². The molecule has 0 aromatic heterocycles. The van der Waals surface area contributed by atoms with Crippen molar-refractivity contribution < 1.29 is 14.6 Å². The van der Waals surface area contributed by atoms with Crippen LogP contribution in [0.2, 0.25) is 0 Å². The molecule has 1 aromatic rings. The van der Waals surface area contributed by atoms with Crippen LogP contribution in [0.25, 0.3) is 5.57 Å². The number of ether oxygens (including phenoxy) is 1. The highest BCUT2D eigenvalue weighted by Crippen LogP contribution is 2.24. The maximum absolute atomic E-state index is 12.9. The zero-order valence-corrected chi connectivity index (χ0v) is 18.3. The first-order valence-corrected chi connectivity index (χ1v) is 11.2. The van der Waals surface area contributed by atoms with Gasteiger partial charge in [0.15, 0.2) is 0 Å². The highest BCUT2D eigenvalue weighted by Gasteiger charge is 2.21. The normalized spacial score (nSPS) is 15.1. The highest BCUT2D eigenvalue weighted by molar-refractivity contribution is 6.16. The number of carbonyl (C=O) groups excluding carboxylic acids is 1. The minimum absolute atomic E-state index is 0.166. The van der Waals surface area contributed by atoms with E-state index in [2.05, 4.69) is 27.7 Å². The smallest absolute Gasteiger partial charge is 0.338 e. The molecule has 3 unspecified atom stereocenters. The fourth-order valence-electron chi connectivity index (χ4n) is 3.46. The highest BCUT2D eigenvalue weighted by atomic mass is 16.5. The molecule has 0 fully saturated rings. The number of aliphatic hydroxyl groups excluding tert-OH is 1. The van der Waals surface area contributed by atoms with E-state index in [4.69, 9.17) is 4.74 Å². The van der Waals surface area contributed by atoms with Crippen molar-refractivity contribution in [1.82, 2.24) is 0 Å². The average Bonchev–Trinajstić information content (AvgIpc) is 2.73. The summed E-state index contributed by atoms with van der Waals surface area (Å²) in [4.78, 5) is 12.9. The Morgan fingerprint density at radius 2 is 1.64 bits per heavy atom. The summed E-state index contributed by atoms with van der Waals surface area (Å²) in [6, 6.07) is 9.56. The van der Waals surface area contributed by atoms with Crippen molar-refractivity contribution in [3.63, 3.8) is 0 Å². The second-order valence-corrected chi connectivity index (χ2v) is 7.76. The fourth-order valence-corrected chi connectivity index (χ4v) is 3.46. The van der Waals surface area contributed by atoms with Gasteiger partial charge in [0.05, 0.1) is 18.3 Å². The third-order valence-electron chi connectivity index (χ3n) is 5.57. The lowest BCUT2D eigenvalue weighted by Crippen LogP contribution is -2.20. The molecule has 0 saturated heterocycles. The minimum atomic E-state index is -0.638. The third kappa shape index (κ3) is 8.60. The molecule has 0 aliphatic rings. The number of unbranched alkanes of at least 4 members (excludes halogenated alkanes) is 2. The second kappa shape index (κ2) is 14.4. The van der Waals surface area contributed by atoms with Crippen molar-refractivity contribution in [1.29, 1.82) is 0 Å². The molecule has 1 N–H and O–H groups in total. The fraction of sp³-hybridized carbons (Fsp3) is 0.640. The lowest BCUT2D eigenvalue weighted by Gasteiger charge is -2.20. The molecule has 0 amide bonds. The van der Waals surface area contributed by atoms with Gasteiger partial charge in [-0.25, -0.2) is 4.79 Å². The lowest BCUT2D eigenvalue weighted by atomic mass is 9.91. The monoisotopic (exact) mass is 388 g/mol. The Hall–Kier alpha value is -1.61. The van der Waals surface area contributed by atoms with E-state index in [1.807, 2.05) is 30.3 Å². The van der Waals surface area contributed by atoms with E-state index in [1.165, 1.54) is 0 Å². The second-order valence-electron chi connectivity index (χ2n) is 7.76. The Morgan fingerprint density at radius 1 is 1.00 bits per heavy atom. The molecule has 28 heavy (non-hydrogen) atoms. The summed E-state index contributed by atoms with van der Waals surface area (Å²) in [6.07, 6.45) is 9.54. The first kappa shape index (κ1) is 24.4. The van der Waals surface area contributed by atoms with Gasteiger partial charge in [0.1, 0.15) is 0 Å². The molecule has 1 aromatic carbocycles. The van der Waals surface area contributed by atoms with Gasteiger partial charge in [-0.2, -0.15) is 0 Å². The van der Waals surface area contributed by atoms with E-state index < -0.39 is 6.10 Å². The molecule has 0 spiro atoms. The van der Waals surface area contributed by atoms with E-state index >= 15 is 0 Å². The van der Waals surface area contributed by atoms with E-state index in [9.17, 15) is 9.90 Å². The van der Waals surface area contributed by atoms with Crippen molar-refractivity contribution in [2.24, 2.45) is 11.8 Å². The van der Waals surface area contributed by atoms with Crippen LogP contribution in [0.5, 0.6) is 0 Å². The first-order chi connectivity index (χ1) is 13.6. The van der Waals surface area contributed by atoms with Crippen LogP contribution in [-0.4, -0.2) is 23.8 Å². The molecule has 3 heteroatoms. The van der Waals surface area contributed by atoms with Crippen molar-refractivity contribution in [3.05, 3.63) is 42.0 Å². The summed E-state index contributed by atoms with van der Waals surface area (Å²) in [6.45, 7) is 9.02. The van der Waals surface area contributed by atoms with Crippen LogP contribution in [0.1, 0.15) is 84.6 Å². The van der Waals surface area contributed by atoms with Crippen LogP contribution in [0.15, 0.2) is 36.4 Å². The molecule has 1 rings (SSSR count). The molecule has 0 aliphatic carbocycles. The van der Waals surface area contributed by atoms with E-state index in [-0.39, 0.29) is 11.9 Å². The number of aliphatic hydroxyl groups is 1. The van der Waals surface area contributed by atoms with E-state index in [1.54, 1.807) is 6.08 Å². The average molecular weight is 389 g/mol. The zero-order chi connectivity index (χ0) is 20.8. The quantitative estimate of drug-likeness (QED) is 0.296. The summed E-state index contributed by atoms with van der Waals surface area (Å²) in [5.74, 6) is 0.240. The first-order valence-electron chi connectivity index (χ1n) is 11.2. The van der Waals surface area contributed by atoms with Crippen LogP contribution in [-0.2, 0) is 9.53 Å². The molecule has 0 saturated carbocycles. The largest absolute Gasteiger partial charge is 0.462 e. The molecule has 3 nitrogen and oxygen atoms in total. The van der Waals surface area contributed by atoms with Crippen LogP contribution >= 0.6 is 0 Å². The molecule has 158 valence electrons. The van der Waals surface area contributed by atoms with Crippen LogP contribution in [0.4, 0.5) is 0 Å². The topological polar surface area (TPSA) is 46.5 Å². The zero-order valence-electron chi connectivity index (χ0n) is 18.3. The van der Waals surface area contributed by atoms with Gasteiger partial charge in [-0.1, -0.05) is 96.6 Å². The Morgan fingerprint density at radius 3 is 2.21 bits per heavy atom. The van der Waals surface area contributed by atoms with E-state index in [0.29, 0.717) is 18.1 Å². The summed E-state index contributed by atoms with van der Waals surface area (Å²) >= 11 is 0. The molecular weight excluding hydrogens is 348 g/mol. The number of hydrogen-bond acceptors (Lipinski definition) is 3. The van der Waals surface area contributed by atoms with Gasteiger partial charge >= 0.3 is 5.97 Å². The van der Waals surface area contributed by atoms with Gasteiger partial charge in [-0.05, 0) is 36.3 Å². The molecular formula is C25H40O3. The number of hydrogen-bond donors (Lipinski definition) is 1. The van der Waals surface area contributed by atoms with Gasteiger partial charge in [0.2, 0.25) is 0 Å². The number of benzene rings is 1. The lowest BCUT2D eigenvalue weighted by molar-refractivity contribution is -0.138. The maximum atomic E-state index is 12.9. The summed E-state index contributed by atoms with van der Waals surface area (Å²) in [5, 5.41) is 10.8. The van der Waals surface area contributed by atoms with Crippen molar-refractivity contribution in [2.75, 3.05) is 6.61 Å². The summed E-state index contributed by atoms with van der Waals surface area (Å²) in [5.41, 5.74) is 1.28. The van der Waals surface area contributed by atoms with Gasteiger partial charge in [0, 0.05) is 0 Å². The van der Waals surface area contributed by atoms with Gasteiger partial charge in [-0.3, -0.25) is 0 Å². The Labute approximate surface area is 172 Å². The van der Waals surface area contributed by atoms with Crippen molar-refractivity contribution in [3.8, 4) is 0 Å². The van der Waals surface area contributed by atoms with Crippen LogP contribution in [0, 0.1) is 11.8 Å². The van der Waals surface area contributed by atoms with Crippen molar-refractivity contribution in [2.45, 2.75) is 85.2 Å². The predicted molar refractivity (Wildman–Crippen MR) is 118 cm³/mol. The third-order valence-corrected chi connectivity index (χ3v) is 5.57. The van der Waals surface area contributed by atoms with Crippen LogP contribution < -0.4 is 0 Å². The van der Waals surface area contributed by atoms with Gasteiger partial charge < -0.3 is 9.84 Å². The van der Waals surface area contributed by atoms with Crippen molar-refractivity contribution >= 4 is 11.5 Å².